The third kappa shape index (κ3) is 4.10. The lowest BCUT2D eigenvalue weighted by Gasteiger charge is -2.30. The summed E-state index contributed by atoms with van der Waals surface area (Å²) in [6, 6.07) is 8.83. The van der Waals surface area contributed by atoms with E-state index in [1.165, 1.54) is 6.07 Å². The summed E-state index contributed by atoms with van der Waals surface area (Å²) in [6.07, 6.45) is 0.794. The van der Waals surface area contributed by atoms with E-state index < -0.39 is 0 Å². The highest BCUT2D eigenvalue weighted by molar-refractivity contribution is 5.67. The molecule has 2 N–H and O–H groups in total. The predicted molar refractivity (Wildman–Crippen MR) is 105 cm³/mol. The number of epoxide rings is 1. The van der Waals surface area contributed by atoms with E-state index >= 15 is 0 Å². The number of pyridine rings is 1. The number of benzene rings is 1. The van der Waals surface area contributed by atoms with E-state index in [1.807, 2.05) is 37.2 Å². The quantitative estimate of drug-likeness (QED) is 0.700. The number of hydrogen-bond donors (Lipinski definition) is 2. The van der Waals surface area contributed by atoms with Gasteiger partial charge in [0, 0.05) is 42.6 Å². The highest BCUT2D eigenvalue weighted by atomic mass is 19.1. The highest BCUT2D eigenvalue weighted by Crippen LogP contribution is 2.37. The Morgan fingerprint density at radius 1 is 1.29 bits per heavy atom. The summed E-state index contributed by atoms with van der Waals surface area (Å²) in [5, 5.41) is 12.6. The van der Waals surface area contributed by atoms with Crippen LogP contribution in [0.25, 0.3) is 11.1 Å². The smallest absolute Gasteiger partial charge is 0.206 e. The Labute approximate surface area is 163 Å². The molecule has 2 fully saturated rings. The molecule has 7 nitrogen and oxygen atoms in total. The molecular weight excluding hydrogens is 363 g/mol. The van der Waals surface area contributed by atoms with E-state index in [9.17, 15) is 9.50 Å². The van der Waals surface area contributed by atoms with Crippen LogP contribution >= 0.6 is 0 Å². The Hall–Kier alpha value is -2.26. The van der Waals surface area contributed by atoms with Crippen molar-refractivity contribution < 1.29 is 19.0 Å². The number of anilines is 2. The summed E-state index contributed by atoms with van der Waals surface area (Å²) in [7, 11) is 4.03. The Bertz CT molecular complexity index is 818. The minimum Gasteiger partial charge on any atom is -0.394 e. The Morgan fingerprint density at radius 3 is 2.82 bits per heavy atom. The molecule has 1 aromatic carbocycles. The third-order valence-electron chi connectivity index (χ3n) is 4.89. The Morgan fingerprint density at radius 2 is 2.14 bits per heavy atom. The van der Waals surface area contributed by atoms with Crippen molar-refractivity contribution in [1.82, 2.24) is 9.88 Å². The minimum absolute atomic E-state index is 0.0930. The molecule has 150 valence electrons. The largest absolute Gasteiger partial charge is 0.394 e. The lowest BCUT2D eigenvalue weighted by Crippen LogP contribution is -2.44. The molecule has 28 heavy (non-hydrogen) atoms. The number of aromatic nitrogens is 1. The zero-order valence-electron chi connectivity index (χ0n) is 16.0. The zero-order valence-corrected chi connectivity index (χ0v) is 16.0. The molecule has 2 saturated heterocycles. The van der Waals surface area contributed by atoms with Gasteiger partial charge in [-0.2, -0.15) is 0 Å². The predicted octanol–water partition coefficient (Wildman–Crippen LogP) is 1.74. The van der Waals surface area contributed by atoms with E-state index in [0.29, 0.717) is 17.8 Å². The summed E-state index contributed by atoms with van der Waals surface area (Å²) in [4.78, 5) is 8.39. The van der Waals surface area contributed by atoms with Crippen LogP contribution in [0.3, 0.4) is 0 Å². The average molecular weight is 388 g/mol. The van der Waals surface area contributed by atoms with E-state index in [0.717, 1.165) is 24.5 Å². The van der Waals surface area contributed by atoms with Gasteiger partial charge < -0.3 is 29.7 Å². The first-order valence-corrected chi connectivity index (χ1v) is 9.38. The number of halogens is 1. The normalized spacial score (nSPS) is 23.6. The summed E-state index contributed by atoms with van der Waals surface area (Å²) >= 11 is 0. The van der Waals surface area contributed by atoms with Crippen LogP contribution in [0.4, 0.5) is 15.9 Å². The Balaban J connectivity index is 1.46. The molecule has 0 spiro atoms. The van der Waals surface area contributed by atoms with Crippen molar-refractivity contribution in [3.05, 3.63) is 42.3 Å². The van der Waals surface area contributed by atoms with Crippen LogP contribution in [0.15, 0.2) is 36.5 Å². The summed E-state index contributed by atoms with van der Waals surface area (Å²) in [5.41, 5.74) is 1.93. The molecule has 3 atom stereocenters. The standard InChI is InChI=1S/C20H25FN4O3/c1-24(2)8-7-22-18-6-3-13(10-23-18)16-5-4-14(9-17(16)21)25-11-15(12-26)27-20-19(25)28-20/h3-6,9-10,15,19-20,26H,7-8,11-12H2,1-2H3,(H,22,23)/t15-,19?,20?/m1/s1. The number of ether oxygens (including phenoxy) is 2. The van der Waals surface area contributed by atoms with Crippen LogP contribution in [-0.4, -0.2) is 73.9 Å². The molecule has 8 heteroatoms. The van der Waals surface area contributed by atoms with Crippen LogP contribution in [-0.2, 0) is 9.47 Å². The number of aliphatic hydroxyl groups is 1. The topological polar surface area (TPSA) is 73.4 Å². The van der Waals surface area contributed by atoms with Gasteiger partial charge in [0.15, 0.2) is 6.23 Å². The van der Waals surface area contributed by atoms with Gasteiger partial charge in [0.1, 0.15) is 17.7 Å². The van der Waals surface area contributed by atoms with Crippen LogP contribution < -0.4 is 10.2 Å². The van der Waals surface area contributed by atoms with E-state index in [1.54, 1.807) is 12.3 Å². The van der Waals surface area contributed by atoms with Crippen molar-refractivity contribution in [2.75, 3.05) is 50.6 Å². The molecule has 0 radical (unpaired) electrons. The van der Waals surface area contributed by atoms with Crippen molar-refractivity contribution in [2.24, 2.45) is 0 Å². The van der Waals surface area contributed by atoms with Gasteiger partial charge in [-0.25, -0.2) is 9.37 Å². The van der Waals surface area contributed by atoms with Crippen LogP contribution in [0.5, 0.6) is 0 Å². The van der Waals surface area contributed by atoms with Gasteiger partial charge in [0.2, 0.25) is 6.29 Å². The summed E-state index contributed by atoms with van der Waals surface area (Å²) in [5.74, 6) is 0.444. The first kappa shape index (κ1) is 19.1. The van der Waals surface area contributed by atoms with Gasteiger partial charge in [0.25, 0.3) is 0 Å². The van der Waals surface area contributed by atoms with E-state index in [-0.39, 0.29) is 31.0 Å². The fourth-order valence-corrected chi connectivity index (χ4v) is 3.30. The fourth-order valence-electron chi connectivity index (χ4n) is 3.30. The van der Waals surface area contributed by atoms with Gasteiger partial charge in [-0.1, -0.05) is 0 Å². The lowest BCUT2D eigenvalue weighted by atomic mass is 10.1. The molecule has 0 saturated carbocycles. The van der Waals surface area contributed by atoms with Gasteiger partial charge in [-0.3, -0.25) is 0 Å². The monoisotopic (exact) mass is 388 g/mol. The van der Waals surface area contributed by atoms with Crippen molar-refractivity contribution in [2.45, 2.75) is 18.6 Å². The Kier molecular flexibility index (Phi) is 5.45. The van der Waals surface area contributed by atoms with Gasteiger partial charge in [-0.15, -0.1) is 0 Å². The highest BCUT2D eigenvalue weighted by Gasteiger charge is 2.51. The second kappa shape index (κ2) is 8.00. The maximum atomic E-state index is 14.8. The molecule has 0 aliphatic carbocycles. The third-order valence-corrected chi connectivity index (χ3v) is 4.89. The number of morpholine rings is 1. The molecule has 2 aliphatic rings. The maximum absolute atomic E-state index is 14.8. The van der Waals surface area contributed by atoms with E-state index in [4.69, 9.17) is 9.47 Å². The van der Waals surface area contributed by atoms with Crippen molar-refractivity contribution in [3.63, 3.8) is 0 Å². The molecular formula is C20H25FN4O3. The lowest BCUT2D eigenvalue weighted by molar-refractivity contribution is -0.0373. The summed E-state index contributed by atoms with van der Waals surface area (Å²) < 4.78 is 25.8. The van der Waals surface area contributed by atoms with Gasteiger partial charge >= 0.3 is 0 Å². The van der Waals surface area contributed by atoms with Crippen LogP contribution in [0.2, 0.25) is 0 Å². The first-order chi connectivity index (χ1) is 13.5. The number of aliphatic hydroxyl groups excluding tert-OH is 1. The van der Waals surface area contributed by atoms with Crippen LogP contribution in [0.1, 0.15) is 0 Å². The molecule has 3 heterocycles. The molecule has 2 aliphatic heterocycles. The molecule has 4 rings (SSSR count). The first-order valence-electron chi connectivity index (χ1n) is 9.38. The van der Waals surface area contributed by atoms with Gasteiger partial charge in [0.05, 0.1) is 6.61 Å². The molecule has 0 amide bonds. The minimum atomic E-state index is -0.342. The molecule has 1 aromatic heterocycles. The second-order valence-corrected chi connectivity index (χ2v) is 7.31. The summed E-state index contributed by atoms with van der Waals surface area (Å²) in [6.45, 7) is 2.07. The van der Waals surface area contributed by atoms with Gasteiger partial charge in [-0.05, 0) is 44.4 Å². The number of hydrogen-bond acceptors (Lipinski definition) is 7. The number of rotatable bonds is 7. The van der Waals surface area contributed by atoms with E-state index in [2.05, 4.69) is 15.2 Å². The fraction of sp³-hybridized carbons (Fsp3) is 0.450. The number of likely N-dealkylation sites (N-methyl/N-ethyl adjacent to an activating group) is 1. The molecule has 2 aromatic rings. The molecule has 2 unspecified atom stereocenters. The van der Waals surface area contributed by atoms with Crippen molar-refractivity contribution >= 4 is 11.5 Å². The average Bonchev–Trinajstić information content (AvgIpc) is 3.47. The number of nitrogens with zero attached hydrogens (tertiary/aromatic N) is 3. The zero-order chi connectivity index (χ0) is 19.7. The van der Waals surface area contributed by atoms with Crippen LogP contribution in [0, 0.1) is 5.82 Å². The number of nitrogens with one attached hydrogen (secondary N) is 1. The second-order valence-electron chi connectivity index (χ2n) is 7.31. The molecule has 0 bridgehead atoms. The SMILES string of the molecule is CN(C)CCNc1ccc(-c2ccc(N3C[C@H](CO)OC4OC43)cc2F)cn1. The number of fused-ring (bicyclic) bond motifs is 1. The maximum Gasteiger partial charge on any atom is 0.206 e. The van der Waals surface area contributed by atoms with Crippen molar-refractivity contribution in [3.8, 4) is 11.1 Å². The van der Waals surface area contributed by atoms with Crippen molar-refractivity contribution in [1.29, 1.82) is 0 Å².